The Bertz CT molecular complexity index is 1340. The average molecular weight is 482 g/mol. The van der Waals surface area contributed by atoms with E-state index >= 15 is 4.39 Å². The van der Waals surface area contributed by atoms with Gasteiger partial charge in [-0.3, -0.25) is 14.3 Å². The highest BCUT2D eigenvalue weighted by Crippen LogP contribution is 2.46. The van der Waals surface area contributed by atoms with Crippen LogP contribution >= 0.6 is 11.3 Å². The van der Waals surface area contributed by atoms with E-state index in [1.54, 1.807) is 6.92 Å². The lowest BCUT2D eigenvalue weighted by molar-refractivity contribution is 0.142. The van der Waals surface area contributed by atoms with Crippen molar-refractivity contribution < 1.29 is 18.3 Å². The number of halogens is 3. The van der Waals surface area contributed by atoms with Crippen molar-refractivity contribution in [1.29, 1.82) is 0 Å². The fourth-order valence-electron chi connectivity index (χ4n) is 5.49. The molecule has 4 unspecified atom stereocenters. The van der Waals surface area contributed by atoms with Crippen LogP contribution in [0.5, 0.6) is 0 Å². The molecule has 2 aromatic heterocycles. The Labute approximate surface area is 191 Å². The van der Waals surface area contributed by atoms with Gasteiger partial charge in [0.25, 0.3) is 12.0 Å². The lowest BCUT2D eigenvalue weighted by Crippen LogP contribution is -2.59. The number of hydrogen-bond acceptors (Lipinski definition) is 5. The molecule has 3 aliphatic carbocycles. The summed E-state index contributed by atoms with van der Waals surface area (Å²) in [5.41, 5.74) is 4.50. The molecule has 0 bridgehead atoms. The van der Waals surface area contributed by atoms with Crippen LogP contribution in [0.4, 0.5) is 13.2 Å². The number of alkyl halides is 3. The van der Waals surface area contributed by atoms with E-state index in [4.69, 9.17) is 5.73 Å². The molecule has 2 aromatic rings. The Morgan fingerprint density at radius 3 is 2.67 bits per heavy atom. The maximum atomic E-state index is 15.9. The Kier molecular flexibility index (Phi) is 5.65. The first-order valence-corrected chi connectivity index (χ1v) is 12.1. The highest BCUT2D eigenvalue weighted by molar-refractivity contribution is 7.12. The minimum absolute atomic E-state index is 0.0999. The van der Waals surface area contributed by atoms with Gasteiger partial charge >= 0.3 is 5.69 Å². The first-order chi connectivity index (χ1) is 15.7. The molecule has 0 aliphatic heterocycles. The molecule has 4 N–H and O–H groups in total. The molecule has 33 heavy (non-hydrogen) atoms. The molecule has 0 saturated heterocycles. The predicted molar refractivity (Wildman–Crippen MR) is 120 cm³/mol. The molecule has 4 atom stereocenters. The van der Waals surface area contributed by atoms with Crippen molar-refractivity contribution >= 4 is 22.5 Å². The molecular formula is C23H26F3N3O3S. The molecule has 1 fully saturated rings. The zero-order valence-electron chi connectivity index (χ0n) is 18.1. The summed E-state index contributed by atoms with van der Waals surface area (Å²) in [4.78, 5) is 28.9. The Morgan fingerprint density at radius 1 is 1.30 bits per heavy atom. The second-order valence-corrected chi connectivity index (χ2v) is 10.4. The number of aliphatic hydroxyl groups excluding tert-OH is 1. The number of nitrogens with two attached hydrogens (primary N) is 1. The topological polar surface area (TPSA) is 101 Å². The van der Waals surface area contributed by atoms with Crippen LogP contribution < -0.4 is 27.6 Å². The van der Waals surface area contributed by atoms with Crippen molar-refractivity contribution in [2.24, 2.45) is 5.73 Å². The van der Waals surface area contributed by atoms with Crippen LogP contribution in [-0.4, -0.2) is 39.9 Å². The maximum Gasteiger partial charge on any atom is 0.329 e. The first kappa shape index (κ1) is 22.6. The minimum atomic E-state index is -3.18. The number of nitrogens with one attached hydrogen (secondary N) is 1. The van der Waals surface area contributed by atoms with Gasteiger partial charge in [0.05, 0.1) is 22.6 Å². The highest BCUT2D eigenvalue weighted by Gasteiger charge is 2.41. The molecule has 0 amide bonds. The van der Waals surface area contributed by atoms with Gasteiger partial charge < -0.3 is 10.8 Å². The monoisotopic (exact) mass is 481 g/mol. The number of rotatable bonds is 5. The zero-order chi connectivity index (χ0) is 23.6. The summed E-state index contributed by atoms with van der Waals surface area (Å²) < 4.78 is 45.5. The van der Waals surface area contributed by atoms with Crippen molar-refractivity contribution in [2.45, 2.75) is 75.6 Å². The number of thiophene rings is 1. The largest absolute Gasteiger partial charge is 0.391 e. The number of aliphatic hydroxyl groups is 1. The van der Waals surface area contributed by atoms with Crippen molar-refractivity contribution in [1.82, 2.24) is 9.55 Å². The lowest BCUT2D eigenvalue weighted by Gasteiger charge is -2.28. The summed E-state index contributed by atoms with van der Waals surface area (Å²) in [5.74, 6) is -1.21. The standard InChI is InChI=1S/C23H26F3N3O3S/c1-9-16(15-7-12-11(13(30)8-27)3-2-4-14(12)33-15)19(24)17(21(25)26)18-20(9)29(10-5-6-10)23(32)28-22(18)31/h7,10-11,13,16,19,21,30H,2-6,8,27H2,1H3,(H,28,31,32). The van der Waals surface area contributed by atoms with Crippen molar-refractivity contribution in [3.8, 4) is 0 Å². The molecule has 0 aromatic carbocycles. The fourth-order valence-corrected chi connectivity index (χ4v) is 6.95. The summed E-state index contributed by atoms with van der Waals surface area (Å²) >= 11 is 1.36. The molecule has 178 valence electrons. The molecular weight excluding hydrogens is 455 g/mol. The summed E-state index contributed by atoms with van der Waals surface area (Å²) in [6.07, 6.45) is -2.23. The third-order valence-corrected chi connectivity index (χ3v) is 8.50. The lowest BCUT2D eigenvalue weighted by atomic mass is 9.81. The SMILES string of the molecule is CC1=c2c(c(=O)[nH]c(=O)n2C2CC2)=C(C(F)F)C(F)C1c1cc2c(s1)CCCC2C(O)CN. The van der Waals surface area contributed by atoms with E-state index in [-0.39, 0.29) is 23.9 Å². The van der Waals surface area contributed by atoms with E-state index in [9.17, 15) is 23.5 Å². The number of aromatic amines is 1. The van der Waals surface area contributed by atoms with Gasteiger partial charge in [0, 0.05) is 33.8 Å². The van der Waals surface area contributed by atoms with Crippen molar-refractivity contribution in [3.05, 3.63) is 52.8 Å². The smallest absolute Gasteiger partial charge is 0.329 e. The number of aryl methyl sites for hydroxylation is 1. The summed E-state index contributed by atoms with van der Waals surface area (Å²) in [7, 11) is 0. The van der Waals surface area contributed by atoms with E-state index < -0.39 is 46.7 Å². The van der Waals surface area contributed by atoms with Gasteiger partial charge in [0.2, 0.25) is 0 Å². The van der Waals surface area contributed by atoms with Crippen molar-refractivity contribution in [3.63, 3.8) is 0 Å². The number of hydrogen-bond donors (Lipinski definition) is 3. The van der Waals surface area contributed by atoms with Crippen LogP contribution in [-0.2, 0) is 6.42 Å². The van der Waals surface area contributed by atoms with Crippen LogP contribution in [0.3, 0.4) is 0 Å². The normalized spacial score (nSPS) is 25.8. The van der Waals surface area contributed by atoms with E-state index in [1.807, 2.05) is 6.07 Å². The molecule has 10 heteroatoms. The Morgan fingerprint density at radius 2 is 2.03 bits per heavy atom. The van der Waals surface area contributed by atoms with Gasteiger partial charge in [-0.05, 0) is 56.2 Å². The zero-order valence-corrected chi connectivity index (χ0v) is 18.9. The van der Waals surface area contributed by atoms with Crippen LogP contribution in [0.2, 0.25) is 0 Å². The number of fused-ring (bicyclic) bond motifs is 2. The maximum absolute atomic E-state index is 15.9. The number of H-pyrrole nitrogens is 1. The summed E-state index contributed by atoms with van der Waals surface area (Å²) in [5, 5.41) is 10.1. The fraction of sp³-hybridized carbons (Fsp3) is 0.565. The van der Waals surface area contributed by atoms with Gasteiger partial charge in [0.15, 0.2) is 0 Å². The molecule has 5 rings (SSSR count). The predicted octanol–water partition coefficient (Wildman–Crippen LogP) is 1.39. The molecule has 2 heterocycles. The van der Waals surface area contributed by atoms with Crippen LogP contribution in [0.15, 0.2) is 15.7 Å². The second-order valence-electron chi connectivity index (χ2n) is 9.23. The molecule has 1 saturated carbocycles. The minimum Gasteiger partial charge on any atom is -0.391 e. The summed E-state index contributed by atoms with van der Waals surface area (Å²) in [6.45, 7) is 1.73. The van der Waals surface area contributed by atoms with Gasteiger partial charge in [-0.25, -0.2) is 18.0 Å². The van der Waals surface area contributed by atoms with E-state index in [2.05, 4.69) is 4.98 Å². The molecule has 0 spiro atoms. The quantitative estimate of drug-likeness (QED) is 0.601. The third-order valence-electron chi connectivity index (χ3n) is 7.20. The van der Waals surface area contributed by atoms with Gasteiger partial charge in [-0.1, -0.05) is 0 Å². The van der Waals surface area contributed by atoms with Crippen LogP contribution in [0, 0.1) is 0 Å². The number of nitrogens with zero attached hydrogens (tertiary/aromatic N) is 1. The average Bonchev–Trinajstić information content (AvgIpc) is 3.51. The van der Waals surface area contributed by atoms with E-state index in [0.29, 0.717) is 23.3 Å². The van der Waals surface area contributed by atoms with Gasteiger partial charge in [-0.2, -0.15) is 0 Å². The first-order valence-electron chi connectivity index (χ1n) is 11.3. The van der Waals surface area contributed by atoms with Crippen LogP contribution in [0.1, 0.15) is 65.8 Å². The molecule has 3 aliphatic rings. The van der Waals surface area contributed by atoms with Crippen molar-refractivity contribution in [2.75, 3.05) is 6.54 Å². The Hall–Kier alpha value is -2.17. The van der Waals surface area contributed by atoms with E-state index in [1.165, 1.54) is 15.9 Å². The van der Waals surface area contributed by atoms with Gasteiger partial charge in [0.1, 0.15) is 6.17 Å². The summed E-state index contributed by atoms with van der Waals surface area (Å²) in [6, 6.07) is 1.62. The van der Waals surface area contributed by atoms with Crippen LogP contribution in [0.25, 0.3) is 11.1 Å². The Balaban J connectivity index is 1.77. The van der Waals surface area contributed by atoms with Gasteiger partial charge in [-0.15, -0.1) is 11.3 Å². The number of aromatic nitrogens is 2. The van der Waals surface area contributed by atoms with E-state index in [0.717, 1.165) is 29.7 Å². The second kappa shape index (κ2) is 8.25. The third kappa shape index (κ3) is 3.54. The molecule has 0 radical (unpaired) electrons. The molecule has 6 nitrogen and oxygen atoms in total. The highest BCUT2D eigenvalue weighted by atomic mass is 32.1.